The monoisotopic (exact) mass is 1330 g/mol. The van der Waals surface area contributed by atoms with Crippen molar-refractivity contribution < 1.29 is 81.2 Å². The van der Waals surface area contributed by atoms with Crippen LogP contribution in [-0.4, -0.2) is 181 Å². The molecule has 5 atom stereocenters. The van der Waals surface area contributed by atoms with Crippen molar-refractivity contribution in [2.24, 2.45) is 23.5 Å². The summed E-state index contributed by atoms with van der Waals surface area (Å²) in [6, 6.07) is 8.01. The van der Waals surface area contributed by atoms with Crippen molar-refractivity contribution in [3.63, 3.8) is 0 Å². The molecule has 1 fully saturated rings. The molecule has 9 rings (SSSR count). The predicted octanol–water partition coefficient (Wildman–Crippen LogP) is 2.49. The fourth-order valence-corrected chi connectivity index (χ4v) is 13.3. The molecule has 26 nitrogen and oxygen atoms in total. The van der Waals surface area contributed by atoms with Crippen LogP contribution in [0.5, 0.6) is 0 Å². The number of halogens is 1. The van der Waals surface area contributed by atoms with Crippen molar-refractivity contribution in [3.05, 3.63) is 105 Å². The fraction of sp³-hybridized carbons (Fsp3) is 0.536. The minimum absolute atomic E-state index is 0.0484. The van der Waals surface area contributed by atoms with Crippen LogP contribution in [0.15, 0.2) is 65.8 Å². The van der Waals surface area contributed by atoms with Crippen molar-refractivity contribution in [3.8, 4) is 0 Å². The van der Waals surface area contributed by atoms with Gasteiger partial charge in [-0.3, -0.25) is 52.8 Å². The average Bonchev–Trinajstić information content (AvgIpc) is 1.23. The van der Waals surface area contributed by atoms with Gasteiger partial charge in [-0.15, -0.1) is 0 Å². The summed E-state index contributed by atoms with van der Waals surface area (Å²) in [5.41, 5.74) is 7.08. The van der Waals surface area contributed by atoms with Crippen LogP contribution < -0.4 is 37.6 Å². The Bertz CT molecular complexity index is 3660. The SMILES string of the molecule is CC[C@@]1(O)C(=O)OCC2=C1/C=C1\CCC(Cc3c1nc1cc(F)c(C)c4c1c3[C@@H](N(C)C(=O)C(OCNC(=O)CNC(=O)C(CN)NC(=O)CNC(=O)CNC(=O)COC(C)(C)COC(C)(C)CCNC(=O)[C@H]1CC[C@H](CN3C(=O)C=CC3=O)CC1)c1ccccc1)CC4)C2=O. The van der Waals surface area contributed by atoms with Gasteiger partial charge < -0.3 is 66.6 Å². The summed E-state index contributed by atoms with van der Waals surface area (Å²) >= 11 is 0. The van der Waals surface area contributed by atoms with E-state index in [1.165, 1.54) is 23.1 Å². The van der Waals surface area contributed by atoms with Gasteiger partial charge >= 0.3 is 5.97 Å². The number of ketones is 1. The Kier molecular flexibility index (Phi) is 22.9. The summed E-state index contributed by atoms with van der Waals surface area (Å²) in [6.07, 6.45) is 7.94. The maximum atomic E-state index is 15.8. The van der Waals surface area contributed by atoms with E-state index < -0.39 is 121 Å². The van der Waals surface area contributed by atoms with Crippen LogP contribution in [0.1, 0.15) is 138 Å². The molecule has 4 aliphatic carbocycles. The second kappa shape index (κ2) is 30.6. The number of Topliss-reactive ketones (excluding diaryl/α,β-unsaturated/α-hetero) is 1. The number of aromatic nitrogens is 1. The van der Waals surface area contributed by atoms with Gasteiger partial charge in [0.15, 0.2) is 17.5 Å². The van der Waals surface area contributed by atoms with Gasteiger partial charge in [0.05, 0.1) is 54.7 Å². The molecule has 1 aromatic heterocycles. The molecule has 2 bridgehead atoms. The van der Waals surface area contributed by atoms with Crippen LogP contribution in [0.2, 0.25) is 0 Å². The number of hydrogen-bond acceptors (Lipinski definition) is 18. The van der Waals surface area contributed by atoms with E-state index in [0.29, 0.717) is 102 Å². The number of nitrogens with zero attached hydrogens (tertiary/aromatic N) is 3. The predicted molar refractivity (Wildman–Crippen MR) is 345 cm³/mol. The third kappa shape index (κ3) is 16.6. The highest BCUT2D eigenvalue weighted by atomic mass is 19.1. The van der Waals surface area contributed by atoms with Crippen LogP contribution in [0.4, 0.5) is 4.39 Å². The van der Waals surface area contributed by atoms with E-state index in [1.54, 1.807) is 76.1 Å². The van der Waals surface area contributed by atoms with Gasteiger partial charge in [-0.05, 0) is 151 Å². The van der Waals surface area contributed by atoms with Gasteiger partial charge in [0.25, 0.3) is 17.7 Å². The molecule has 1 saturated carbocycles. The van der Waals surface area contributed by atoms with Crippen LogP contribution in [0, 0.1) is 30.5 Å². The van der Waals surface area contributed by atoms with E-state index in [2.05, 4.69) is 31.9 Å². The first-order valence-electron chi connectivity index (χ1n) is 32.7. The second-order valence-electron chi connectivity index (χ2n) is 26.7. The number of esters is 1. The lowest BCUT2D eigenvalue weighted by Gasteiger charge is -2.37. The van der Waals surface area contributed by atoms with Crippen LogP contribution in [0.25, 0.3) is 16.5 Å². The Labute approximate surface area is 555 Å². The summed E-state index contributed by atoms with van der Waals surface area (Å²) in [6.45, 7) is 8.08. The lowest BCUT2D eigenvalue weighted by atomic mass is 9.77. The number of carbonyl (C=O) groups excluding carboxylic acids is 11. The quantitative estimate of drug-likeness (QED) is 0.0294. The van der Waals surface area contributed by atoms with E-state index in [4.69, 9.17) is 29.7 Å². The summed E-state index contributed by atoms with van der Waals surface area (Å²) in [5.74, 6) is -7.00. The van der Waals surface area contributed by atoms with Crippen LogP contribution >= 0.6 is 0 Å². The molecule has 2 aromatic carbocycles. The minimum Gasteiger partial charge on any atom is -0.458 e. The maximum Gasteiger partial charge on any atom is 0.343 e. The van der Waals surface area contributed by atoms with E-state index >= 15 is 9.18 Å². The highest BCUT2D eigenvalue weighted by Gasteiger charge is 2.48. The van der Waals surface area contributed by atoms with Crippen molar-refractivity contribution in [2.45, 2.75) is 147 Å². The standard InChI is InChI=1S/C69H87FN10O16/c1-8-69(92)47-27-42-18-19-43(61(87)46(47)34-93-66(69)91)26-45-59-51(21-20-44-38(2)48(70)28-49(58(44)59)78-60(42)45)79(7)65(90)62(40-12-10-9-11-13-40)94-37-76-53(82)31-75-64(89)50(29-71)77-54(83)32-73-52(81)30-74-55(84)35-95-68(5,6)36-96-67(3,4)24-25-72-63(88)41-16-14-39(15-17-41)33-80-56(85)22-23-57(80)86/h9-13,22-23,27-28,39,41,43,50-51,62,92H,8,14-21,24-26,29-37,71H2,1-7H3,(H,72,88)(H,73,81)(H,74,84)(H,75,89)(H,76,82)(H,77,83)/b42-27+/t39-,41-,43?,50?,51-,62?,69-/m0/s1. The second-order valence-corrected chi connectivity index (χ2v) is 26.7. The summed E-state index contributed by atoms with van der Waals surface area (Å²) in [5, 5.41) is 27.6. The number of aliphatic hydroxyl groups is 1. The van der Waals surface area contributed by atoms with Gasteiger partial charge in [-0.25, -0.2) is 14.2 Å². The van der Waals surface area contributed by atoms with Gasteiger partial charge in [-0.1, -0.05) is 37.3 Å². The minimum atomic E-state index is -2.07. The number of likely N-dealkylation sites (N-methyl/N-ethyl adjacent to an activating group) is 1. The first kappa shape index (κ1) is 71.7. The first-order chi connectivity index (χ1) is 45.6. The van der Waals surface area contributed by atoms with Gasteiger partial charge in [0.1, 0.15) is 31.8 Å². The highest BCUT2D eigenvalue weighted by Crippen LogP contribution is 2.49. The molecule has 27 heteroatoms. The molecule has 96 heavy (non-hydrogen) atoms. The molecular formula is C69H87FN10O16. The zero-order valence-electron chi connectivity index (χ0n) is 55.4. The van der Waals surface area contributed by atoms with E-state index in [0.717, 1.165) is 18.4 Å². The average molecular weight is 1330 g/mol. The number of pyridine rings is 1. The number of fused-ring (bicyclic) bond motifs is 6. The number of aryl methyl sites for hydroxylation is 1. The summed E-state index contributed by atoms with van der Waals surface area (Å²) < 4.78 is 39.3. The largest absolute Gasteiger partial charge is 0.458 e. The molecule has 3 unspecified atom stereocenters. The van der Waals surface area contributed by atoms with E-state index in [9.17, 15) is 53.1 Å². The summed E-state index contributed by atoms with van der Waals surface area (Å²) in [7, 11) is 1.64. The number of nitrogens with one attached hydrogen (secondary N) is 6. The van der Waals surface area contributed by atoms with Crippen molar-refractivity contribution in [1.82, 2.24) is 46.7 Å². The smallest absolute Gasteiger partial charge is 0.343 e. The van der Waals surface area contributed by atoms with E-state index in [-0.39, 0.29) is 79.1 Å². The Balaban J connectivity index is 0.708. The van der Waals surface area contributed by atoms with Gasteiger partial charge in [-0.2, -0.15) is 0 Å². The number of ether oxygens (including phenoxy) is 4. The van der Waals surface area contributed by atoms with Crippen LogP contribution in [0.3, 0.4) is 0 Å². The molecule has 516 valence electrons. The number of carbonyl (C=O) groups is 11. The fourth-order valence-electron chi connectivity index (χ4n) is 13.3. The summed E-state index contributed by atoms with van der Waals surface area (Å²) in [4.78, 5) is 152. The molecule has 3 heterocycles. The van der Waals surface area contributed by atoms with Crippen molar-refractivity contribution in [2.75, 3.05) is 72.9 Å². The molecule has 2 aliphatic heterocycles. The number of amides is 9. The number of nitrogens with two attached hydrogens (primary N) is 1. The third-order valence-electron chi connectivity index (χ3n) is 19.1. The van der Waals surface area contributed by atoms with Gasteiger partial charge in [0, 0.05) is 73.3 Å². The highest BCUT2D eigenvalue weighted by molar-refractivity contribution is 6.13. The van der Waals surface area contributed by atoms with Crippen molar-refractivity contribution >= 4 is 81.4 Å². The third-order valence-corrected chi connectivity index (χ3v) is 19.1. The molecular weight excluding hydrogens is 1240 g/mol. The zero-order chi connectivity index (χ0) is 69.4. The molecule has 3 aromatic rings. The lowest BCUT2D eigenvalue weighted by molar-refractivity contribution is -0.163. The number of cyclic esters (lactones) is 1. The Morgan fingerprint density at radius 1 is 0.844 bits per heavy atom. The van der Waals surface area contributed by atoms with Crippen LogP contribution in [-0.2, 0) is 84.5 Å². The number of benzene rings is 2. The molecule has 0 saturated heterocycles. The van der Waals surface area contributed by atoms with Crippen molar-refractivity contribution in [1.29, 1.82) is 0 Å². The number of allylic oxidation sites excluding steroid dienone is 1. The van der Waals surface area contributed by atoms with E-state index in [1.807, 2.05) is 13.8 Å². The Morgan fingerprint density at radius 2 is 1.52 bits per heavy atom. The number of hydrogen-bond donors (Lipinski definition) is 8. The first-order valence-corrected chi connectivity index (χ1v) is 32.7. The normalized spacial score (nSPS) is 21.9. The Morgan fingerprint density at radius 3 is 2.22 bits per heavy atom. The number of rotatable bonds is 28. The van der Waals surface area contributed by atoms with Gasteiger partial charge in [0.2, 0.25) is 35.4 Å². The lowest BCUT2D eigenvalue weighted by Crippen LogP contribution is -2.54. The maximum absolute atomic E-state index is 15.8. The number of imide groups is 1. The molecule has 9 amide bonds. The zero-order valence-corrected chi connectivity index (χ0v) is 55.4. The molecule has 0 radical (unpaired) electrons. The Hall–Kier alpha value is -8.63. The molecule has 6 aliphatic rings. The molecule has 0 spiro atoms. The molecule has 9 N–H and O–H groups in total. The topological polar surface area (TPSA) is 362 Å².